The molecule has 0 aliphatic heterocycles. The van der Waals surface area contributed by atoms with Crippen LogP contribution in [0.5, 0.6) is 0 Å². The molecule has 4 aromatic rings. The third-order valence-electron chi connectivity index (χ3n) is 4.16. The monoisotopic (exact) mass is 309 g/mol. The molecule has 0 fully saturated rings. The molecule has 0 N–H and O–H groups in total. The Balaban J connectivity index is 1.90. The standard InChI is InChI=1S/C22H17Si/c1-3-11-20(12-4-1)23(21-13-5-2-6-14-21)22-16-15-18-9-7-8-10-19(18)17-22/h1-17H. The van der Waals surface area contributed by atoms with Gasteiger partial charge < -0.3 is 0 Å². The third-order valence-corrected chi connectivity index (χ3v) is 6.87. The number of benzene rings is 4. The summed E-state index contributed by atoms with van der Waals surface area (Å²) >= 11 is 0. The fourth-order valence-corrected chi connectivity index (χ4v) is 5.66. The van der Waals surface area contributed by atoms with Gasteiger partial charge in [-0.15, -0.1) is 0 Å². The Morgan fingerprint density at radius 1 is 0.391 bits per heavy atom. The summed E-state index contributed by atoms with van der Waals surface area (Å²) in [5, 5.41) is 6.92. The molecule has 0 amide bonds. The van der Waals surface area contributed by atoms with E-state index in [2.05, 4.69) is 103 Å². The normalized spacial score (nSPS) is 11.0. The Morgan fingerprint density at radius 3 is 1.52 bits per heavy atom. The molecule has 1 heteroatoms. The Bertz CT molecular complexity index is 874. The SMILES string of the molecule is c1ccc([Si](c2ccccc2)c2ccc3ccccc3c2)cc1. The van der Waals surface area contributed by atoms with Gasteiger partial charge in [0.2, 0.25) is 0 Å². The predicted octanol–water partition coefficient (Wildman–Crippen LogP) is 3.36. The van der Waals surface area contributed by atoms with Gasteiger partial charge in [-0.05, 0) is 16.0 Å². The molecule has 109 valence electrons. The Kier molecular flexibility index (Phi) is 3.79. The zero-order chi connectivity index (χ0) is 15.5. The van der Waals surface area contributed by atoms with Gasteiger partial charge in [0.1, 0.15) is 0 Å². The molecule has 0 aliphatic rings. The van der Waals surface area contributed by atoms with Crippen molar-refractivity contribution in [3.63, 3.8) is 0 Å². The summed E-state index contributed by atoms with van der Waals surface area (Å²) in [5.41, 5.74) is 0. The van der Waals surface area contributed by atoms with Gasteiger partial charge in [0, 0.05) is 0 Å². The number of rotatable bonds is 3. The van der Waals surface area contributed by atoms with Gasteiger partial charge in [0.25, 0.3) is 0 Å². The van der Waals surface area contributed by atoms with Crippen LogP contribution in [0.15, 0.2) is 103 Å². The first-order chi connectivity index (χ1) is 11.4. The van der Waals surface area contributed by atoms with Crippen LogP contribution in [0.3, 0.4) is 0 Å². The molecule has 0 saturated heterocycles. The minimum absolute atomic E-state index is 0.968. The van der Waals surface area contributed by atoms with E-state index in [1.54, 1.807) is 0 Å². The van der Waals surface area contributed by atoms with Crippen LogP contribution in [0.4, 0.5) is 0 Å². The van der Waals surface area contributed by atoms with Gasteiger partial charge in [-0.25, -0.2) is 0 Å². The molecule has 0 spiro atoms. The van der Waals surface area contributed by atoms with Crippen molar-refractivity contribution in [3.05, 3.63) is 103 Å². The molecule has 0 unspecified atom stereocenters. The summed E-state index contributed by atoms with van der Waals surface area (Å²) in [6.45, 7) is 0. The minimum Gasteiger partial charge on any atom is -0.0624 e. The molecule has 23 heavy (non-hydrogen) atoms. The fourth-order valence-electron chi connectivity index (χ4n) is 3.05. The van der Waals surface area contributed by atoms with E-state index in [1.165, 1.54) is 26.3 Å². The van der Waals surface area contributed by atoms with Gasteiger partial charge in [-0.2, -0.15) is 0 Å². The van der Waals surface area contributed by atoms with Crippen LogP contribution in [0.1, 0.15) is 0 Å². The van der Waals surface area contributed by atoms with Crippen LogP contribution in [-0.2, 0) is 0 Å². The Labute approximate surface area is 138 Å². The highest BCUT2D eigenvalue weighted by molar-refractivity contribution is 6.95. The number of hydrogen-bond donors (Lipinski definition) is 0. The first-order valence-corrected chi connectivity index (χ1v) is 9.39. The van der Waals surface area contributed by atoms with Crippen molar-refractivity contribution in [1.82, 2.24) is 0 Å². The molecule has 0 aliphatic carbocycles. The highest BCUT2D eigenvalue weighted by Crippen LogP contribution is 2.11. The van der Waals surface area contributed by atoms with Crippen molar-refractivity contribution < 1.29 is 0 Å². The van der Waals surface area contributed by atoms with Crippen molar-refractivity contribution >= 4 is 35.1 Å². The molecular weight excluding hydrogens is 292 g/mol. The summed E-state index contributed by atoms with van der Waals surface area (Å²) < 4.78 is 0. The van der Waals surface area contributed by atoms with Crippen LogP contribution in [0, 0.1) is 0 Å². The Hall–Kier alpha value is -2.64. The number of fused-ring (bicyclic) bond motifs is 1. The zero-order valence-electron chi connectivity index (χ0n) is 12.8. The highest BCUT2D eigenvalue weighted by atomic mass is 28.3. The van der Waals surface area contributed by atoms with Crippen molar-refractivity contribution in [2.45, 2.75) is 0 Å². The summed E-state index contributed by atoms with van der Waals surface area (Å²) in [6.07, 6.45) is 0. The lowest BCUT2D eigenvalue weighted by Crippen LogP contribution is -2.51. The van der Waals surface area contributed by atoms with Gasteiger partial charge in [0.15, 0.2) is 8.80 Å². The average molecular weight is 309 g/mol. The minimum atomic E-state index is -0.968. The van der Waals surface area contributed by atoms with E-state index < -0.39 is 8.80 Å². The van der Waals surface area contributed by atoms with Crippen molar-refractivity contribution in [2.24, 2.45) is 0 Å². The number of hydrogen-bond acceptors (Lipinski definition) is 0. The maximum Gasteiger partial charge on any atom is 0.154 e. The van der Waals surface area contributed by atoms with E-state index >= 15 is 0 Å². The summed E-state index contributed by atoms with van der Waals surface area (Å²) in [7, 11) is -0.968. The molecule has 0 nitrogen and oxygen atoms in total. The smallest absolute Gasteiger partial charge is 0.0624 e. The lowest BCUT2D eigenvalue weighted by Gasteiger charge is -2.17. The van der Waals surface area contributed by atoms with Crippen molar-refractivity contribution in [1.29, 1.82) is 0 Å². The van der Waals surface area contributed by atoms with E-state index in [0.717, 1.165) is 0 Å². The molecule has 4 aromatic carbocycles. The third kappa shape index (κ3) is 2.83. The van der Waals surface area contributed by atoms with Gasteiger partial charge >= 0.3 is 0 Å². The second kappa shape index (κ2) is 6.23. The molecule has 4 rings (SSSR count). The second-order valence-electron chi connectivity index (χ2n) is 5.67. The first kappa shape index (κ1) is 14.0. The lowest BCUT2D eigenvalue weighted by molar-refractivity contribution is 1.72. The zero-order valence-corrected chi connectivity index (χ0v) is 13.8. The van der Waals surface area contributed by atoms with Crippen LogP contribution in [-0.4, -0.2) is 8.80 Å². The largest absolute Gasteiger partial charge is 0.154 e. The van der Waals surface area contributed by atoms with E-state index in [0.29, 0.717) is 0 Å². The summed E-state index contributed by atoms with van der Waals surface area (Å²) in [4.78, 5) is 0. The van der Waals surface area contributed by atoms with Gasteiger partial charge in [0.05, 0.1) is 0 Å². The Morgan fingerprint density at radius 2 is 0.913 bits per heavy atom. The first-order valence-electron chi connectivity index (χ1n) is 7.89. The topological polar surface area (TPSA) is 0 Å². The molecule has 0 aromatic heterocycles. The van der Waals surface area contributed by atoms with E-state index in [9.17, 15) is 0 Å². The maximum atomic E-state index is 2.36. The lowest BCUT2D eigenvalue weighted by atomic mass is 10.1. The van der Waals surface area contributed by atoms with Crippen LogP contribution in [0.2, 0.25) is 0 Å². The summed E-state index contributed by atoms with van der Waals surface area (Å²) in [5.74, 6) is 0. The van der Waals surface area contributed by atoms with E-state index in [4.69, 9.17) is 0 Å². The highest BCUT2D eigenvalue weighted by Gasteiger charge is 2.19. The molecule has 0 atom stereocenters. The molecular formula is C22H17Si. The van der Waals surface area contributed by atoms with Crippen molar-refractivity contribution in [3.8, 4) is 0 Å². The summed E-state index contributed by atoms with van der Waals surface area (Å²) in [6, 6.07) is 37.3. The van der Waals surface area contributed by atoms with E-state index in [1.807, 2.05) is 0 Å². The van der Waals surface area contributed by atoms with Crippen LogP contribution >= 0.6 is 0 Å². The molecule has 0 bridgehead atoms. The van der Waals surface area contributed by atoms with Crippen LogP contribution < -0.4 is 15.6 Å². The van der Waals surface area contributed by atoms with E-state index in [-0.39, 0.29) is 0 Å². The molecule has 0 heterocycles. The van der Waals surface area contributed by atoms with Gasteiger partial charge in [-0.3, -0.25) is 0 Å². The second-order valence-corrected chi connectivity index (χ2v) is 8.15. The van der Waals surface area contributed by atoms with Gasteiger partial charge in [-0.1, -0.05) is 114 Å². The van der Waals surface area contributed by atoms with Crippen LogP contribution in [0.25, 0.3) is 10.8 Å². The molecule has 1 radical (unpaired) electrons. The fraction of sp³-hybridized carbons (Fsp3) is 0. The predicted molar refractivity (Wildman–Crippen MR) is 101 cm³/mol. The average Bonchev–Trinajstić information content (AvgIpc) is 2.64. The molecule has 0 saturated carbocycles. The maximum absolute atomic E-state index is 2.36. The van der Waals surface area contributed by atoms with Crippen molar-refractivity contribution in [2.75, 3.05) is 0 Å². The quantitative estimate of drug-likeness (QED) is 0.402.